The van der Waals surface area contributed by atoms with Gasteiger partial charge in [-0.1, -0.05) is 25.1 Å². The number of amides is 1. The topological polar surface area (TPSA) is 67.6 Å². The summed E-state index contributed by atoms with van der Waals surface area (Å²) in [6.45, 7) is 3.06. The number of fused-ring (bicyclic) bond motifs is 1. The molecule has 1 atom stereocenters. The maximum absolute atomic E-state index is 12.9. The van der Waals surface area contributed by atoms with E-state index in [9.17, 15) is 13.2 Å². The molecule has 5 nitrogen and oxygen atoms in total. The van der Waals surface area contributed by atoms with Crippen LogP contribution in [0.5, 0.6) is 0 Å². The van der Waals surface area contributed by atoms with Gasteiger partial charge in [0.05, 0.1) is 11.3 Å². The number of benzene rings is 1. The summed E-state index contributed by atoms with van der Waals surface area (Å²) in [5, 5.41) is 0.834. The maximum atomic E-state index is 12.9. The van der Waals surface area contributed by atoms with Crippen molar-refractivity contribution >= 4 is 26.7 Å². The van der Waals surface area contributed by atoms with Crippen molar-refractivity contribution in [3.63, 3.8) is 0 Å². The second-order valence-electron chi connectivity index (χ2n) is 6.25. The number of aryl methyl sites for hydroxylation is 1. The summed E-state index contributed by atoms with van der Waals surface area (Å²) in [5.74, 6) is 0.812. The Morgan fingerprint density at radius 1 is 1.35 bits per heavy atom. The Labute approximate surface area is 136 Å². The van der Waals surface area contributed by atoms with Gasteiger partial charge < -0.3 is 9.32 Å². The number of rotatable bonds is 4. The molecule has 6 heteroatoms. The molecular weight excluding hydrogens is 314 g/mol. The van der Waals surface area contributed by atoms with E-state index in [1.54, 1.807) is 4.90 Å². The van der Waals surface area contributed by atoms with E-state index in [1.807, 2.05) is 31.2 Å². The van der Waals surface area contributed by atoms with Crippen molar-refractivity contribution in [3.8, 4) is 0 Å². The predicted molar refractivity (Wildman–Crippen MR) is 89.3 cm³/mol. The molecule has 1 amide bonds. The van der Waals surface area contributed by atoms with Gasteiger partial charge in [0.1, 0.15) is 21.2 Å². The minimum absolute atomic E-state index is 0.0252. The first-order valence-electron chi connectivity index (χ1n) is 7.86. The normalized spacial score (nSPS) is 18.7. The number of furan rings is 1. The molecule has 1 aliphatic heterocycles. The molecule has 0 N–H and O–H groups in total. The lowest BCUT2D eigenvalue weighted by Crippen LogP contribution is -2.30. The molecule has 0 spiro atoms. The van der Waals surface area contributed by atoms with Crippen molar-refractivity contribution < 1.29 is 17.6 Å². The van der Waals surface area contributed by atoms with E-state index in [-0.39, 0.29) is 17.6 Å². The maximum Gasteiger partial charge on any atom is 0.258 e. The van der Waals surface area contributed by atoms with Gasteiger partial charge >= 0.3 is 0 Å². The molecule has 1 aliphatic rings. The van der Waals surface area contributed by atoms with Crippen LogP contribution in [-0.2, 0) is 16.3 Å². The van der Waals surface area contributed by atoms with E-state index in [0.717, 1.165) is 17.4 Å². The van der Waals surface area contributed by atoms with Crippen molar-refractivity contribution in [3.05, 3.63) is 35.6 Å². The highest BCUT2D eigenvalue weighted by Gasteiger charge is 2.31. The zero-order valence-corrected chi connectivity index (χ0v) is 14.2. The van der Waals surface area contributed by atoms with Crippen LogP contribution >= 0.6 is 0 Å². The molecule has 1 saturated heterocycles. The Morgan fingerprint density at radius 2 is 2.09 bits per heavy atom. The Kier molecular flexibility index (Phi) is 4.19. The second kappa shape index (κ2) is 6.00. The van der Waals surface area contributed by atoms with Crippen LogP contribution in [0.3, 0.4) is 0 Å². The molecule has 124 valence electrons. The van der Waals surface area contributed by atoms with Gasteiger partial charge in [-0.3, -0.25) is 4.79 Å². The van der Waals surface area contributed by atoms with E-state index >= 15 is 0 Å². The minimum Gasteiger partial charge on any atom is -0.460 e. The molecule has 1 aromatic heterocycles. The fraction of sp³-hybridized carbons (Fsp3) is 0.471. The number of hydrogen-bond acceptors (Lipinski definition) is 4. The highest BCUT2D eigenvalue weighted by molar-refractivity contribution is 7.90. The van der Waals surface area contributed by atoms with Gasteiger partial charge in [0.2, 0.25) is 0 Å². The van der Waals surface area contributed by atoms with Gasteiger partial charge in [-0.25, -0.2) is 8.42 Å². The number of carbonyl (C=O) groups excluding carboxylic acids is 1. The van der Waals surface area contributed by atoms with Gasteiger partial charge in [0.15, 0.2) is 0 Å². The van der Waals surface area contributed by atoms with Crippen LogP contribution in [0.1, 0.15) is 29.5 Å². The van der Waals surface area contributed by atoms with Crippen molar-refractivity contribution in [2.75, 3.05) is 25.1 Å². The third-order valence-corrected chi connectivity index (χ3v) is 5.39. The van der Waals surface area contributed by atoms with Crippen LogP contribution < -0.4 is 0 Å². The standard InChI is InChI=1S/C17H21NO4S/c1-3-14-16(13-6-4-5-7-15(13)22-14)17(19)18-9-8-12(10-18)11-23(2,20)21/h4-7,12H,3,8-11H2,1-2H3. The Balaban J connectivity index is 1.87. The molecule has 3 rings (SSSR count). The Hall–Kier alpha value is -1.82. The highest BCUT2D eigenvalue weighted by Crippen LogP contribution is 2.29. The van der Waals surface area contributed by atoms with Crippen molar-refractivity contribution in [1.82, 2.24) is 4.90 Å². The monoisotopic (exact) mass is 335 g/mol. The van der Waals surface area contributed by atoms with Crippen LogP contribution in [-0.4, -0.2) is 44.3 Å². The summed E-state index contributed by atoms with van der Waals surface area (Å²) < 4.78 is 28.7. The molecule has 0 bridgehead atoms. The summed E-state index contributed by atoms with van der Waals surface area (Å²) in [5.41, 5.74) is 1.35. The summed E-state index contributed by atoms with van der Waals surface area (Å²) in [7, 11) is -3.01. The summed E-state index contributed by atoms with van der Waals surface area (Å²) >= 11 is 0. The summed E-state index contributed by atoms with van der Waals surface area (Å²) in [4.78, 5) is 14.7. The summed E-state index contributed by atoms with van der Waals surface area (Å²) in [6, 6.07) is 7.54. The van der Waals surface area contributed by atoms with Crippen LogP contribution in [0.4, 0.5) is 0 Å². The number of para-hydroxylation sites is 1. The average Bonchev–Trinajstić information content (AvgIpc) is 3.08. The molecule has 2 aromatic rings. The van der Waals surface area contributed by atoms with Crippen LogP contribution in [0.2, 0.25) is 0 Å². The average molecular weight is 335 g/mol. The van der Waals surface area contributed by atoms with Crippen LogP contribution in [0.25, 0.3) is 11.0 Å². The Bertz CT molecular complexity index is 837. The van der Waals surface area contributed by atoms with Gasteiger partial charge in [-0.2, -0.15) is 0 Å². The predicted octanol–water partition coefficient (Wildman–Crippen LogP) is 2.50. The molecule has 1 unspecified atom stereocenters. The zero-order valence-electron chi connectivity index (χ0n) is 13.4. The van der Waals surface area contributed by atoms with Gasteiger partial charge in [-0.15, -0.1) is 0 Å². The number of hydrogen-bond donors (Lipinski definition) is 0. The van der Waals surface area contributed by atoms with Gasteiger partial charge in [0, 0.05) is 31.2 Å². The molecule has 0 saturated carbocycles. The Morgan fingerprint density at radius 3 is 2.78 bits per heavy atom. The first kappa shape index (κ1) is 16.1. The third-order valence-electron chi connectivity index (χ3n) is 4.31. The molecule has 0 radical (unpaired) electrons. The smallest absolute Gasteiger partial charge is 0.258 e. The number of nitrogens with zero attached hydrogens (tertiary/aromatic N) is 1. The van der Waals surface area contributed by atoms with Crippen molar-refractivity contribution in [1.29, 1.82) is 0 Å². The van der Waals surface area contributed by atoms with E-state index < -0.39 is 9.84 Å². The van der Waals surface area contributed by atoms with Gasteiger partial charge in [-0.05, 0) is 18.4 Å². The molecule has 0 aliphatic carbocycles. The second-order valence-corrected chi connectivity index (χ2v) is 8.43. The fourth-order valence-electron chi connectivity index (χ4n) is 3.32. The molecular formula is C17H21NO4S. The summed E-state index contributed by atoms with van der Waals surface area (Å²) in [6.07, 6.45) is 2.63. The lowest BCUT2D eigenvalue weighted by atomic mass is 10.1. The number of sulfone groups is 1. The molecule has 2 heterocycles. The molecule has 23 heavy (non-hydrogen) atoms. The number of likely N-dealkylation sites (tertiary alicyclic amines) is 1. The number of carbonyl (C=O) groups is 1. The van der Waals surface area contributed by atoms with E-state index in [1.165, 1.54) is 6.26 Å². The van der Waals surface area contributed by atoms with Crippen LogP contribution in [0, 0.1) is 5.92 Å². The first-order valence-corrected chi connectivity index (χ1v) is 9.92. The quantitative estimate of drug-likeness (QED) is 0.861. The largest absolute Gasteiger partial charge is 0.460 e. The van der Waals surface area contributed by atoms with Crippen molar-refractivity contribution in [2.45, 2.75) is 19.8 Å². The molecule has 1 fully saturated rings. The lowest BCUT2D eigenvalue weighted by molar-refractivity contribution is 0.0787. The van der Waals surface area contributed by atoms with E-state index in [0.29, 0.717) is 30.8 Å². The van der Waals surface area contributed by atoms with E-state index in [4.69, 9.17) is 4.42 Å². The van der Waals surface area contributed by atoms with Crippen molar-refractivity contribution in [2.24, 2.45) is 5.92 Å². The van der Waals surface area contributed by atoms with Crippen LogP contribution in [0.15, 0.2) is 28.7 Å². The lowest BCUT2D eigenvalue weighted by Gasteiger charge is -2.16. The van der Waals surface area contributed by atoms with E-state index in [2.05, 4.69) is 0 Å². The minimum atomic E-state index is -3.01. The fourth-order valence-corrected chi connectivity index (χ4v) is 4.45. The highest BCUT2D eigenvalue weighted by atomic mass is 32.2. The SMILES string of the molecule is CCc1oc2ccccc2c1C(=O)N1CCC(CS(C)(=O)=O)C1. The van der Waals surface area contributed by atoms with Gasteiger partial charge in [0.25, 0.3) is 5.91 Å². The third kappa shape index (κ3) is 3.27. The molecule has 1 aromatic carbocycles. The first-order chi connectivity index (χ1) is 10.9. The zero-order chi connectivity index (χ0) is 16.6.